The van der Waals surface area contributed by atoms with Gasteiger partial charge in [0.2, 0.25) is 0 Å². The average molecular weight is 445 g/mol. The van der Waals surface area contributed by atoms with Crippen LogP contribution in [0, 0.1) is 6.92 Å². The number of nitrogens with zero attached hydrogens (tertiary/aromatic N) is 5. The summed E-state index contributed by atoms with van der Waals surface area (Å²) in [7, 11) is 0. The van der Waals surface area contributed by atoms with Gasteiger partial charge in [0.25, 0.3) is 5.56 Å². The van der Waals surface area contributed by atoms with Crippen LogP contribution in [-0.2, 0) is 24.4 Å². The number of tetrazole rings is 1. The highest BCUT2D eigenvalue weighted by Crippen LogP contribution is 2.18. The first-order valence-corrected chi connectivity index (χ1v) is 11.4. The predicted octanol–water partition coefficient (Wildman–Crippen LogP) is 3.05. The zero-order chi connectivity index (χ0) is 22.6. The Morgan fingerprint density at radius 3 is 2.85 bits per heavy atom. The van der Waals surface area contributed by atoms with E-state index in [0.717, 1.165) is 59.4 Å². The van der Waals surface area contributed by atoms with Crippen LogP contribution in [0.4, 0.5) is 0 Å². The van der Waals surface area contributed by atoms with Crippen LogP contribution >= 0.6 is 0 Å². The molecule has 33 heavy (non-hydrogen) atoms. The molecular formula is C25H28N6O2. The van der Waals surface area contributed by atoms with Gasteiger partial charge < -0.3 is 9.72 Å². The van der Waals surface area contributed by atoms with Gasteiger partial charge in [0.15, 0.2) is 5.82 Å². The molecule has 0 aliphatic carbocycles. The van der Waals surface area contributed by atoms with Crippen molar-refractivity contribution in [2.24, 2.45) is 0 Å². The van der Waals surface area contributed by atoms with E-state index in [2.05, 4.69) is 50.5 Å². The Hall–Kier alpha value is -3.36. The molecule has 1 unspecified atom stereocenters. The van der Waals surface area contributed by atoms with E-state index in [-0.39, 0.29) is 11.7 Å². The van der Waals surface area contributed by atoms with Gasteiger partial charge in [-0.15, -0.1) is 5.10 Å². The number of hydrogen-bond acceptors (Lipinski definition) is 6. The molecule has 0 spiro atoms. The lowest BCUT2D eigenvalue weighted by Gasteiger charge is -2.24. The SMILES string of the molecule is Cc1ccc2[nH]c(=O)c(CN(Cc3nnnn3Cc3ccccc3)CC3CCCO3)cc2c1. The normalized spacial score (nSPS) is 16.1. The quantitative estimate of drug-likeness (QED) is 0.449. The van der Waals surface area contributed by atoms with Crippen LogP contribution in [0.25, 0.3) is 10.9 Å². The molecule has 2 aromatic heterocycles. The fourth-order valence-electron chi connectivity index (χ4n) is 4.41. The lowest BCUT2D eigenvalue weighted by molar-refractivity contribution is 0.0663. The van der Waals surface area contributed by atoms with Crippen LogP contribution in [0.1, 0.15) is 35.4 Å². The van der Waals surface area contributed by atoms with Crippen LogP contribution in [0.5, 0.6) is 0 Å². The molecule has 2 aromatic carbocycles. The Bertz CT molecular complexity index is 1280. The number of aromatic amines is 1. The van der Waals surface area contributed by atoms with Gasteiger partial charge in [0.1, 0.15) is 0 Å². The van der Waals surface area contributed by atoms with Gasteiger partial charge in [0, 0.05) is 30.8 Å². The molecular weight excluding hydrogens is 416 g/mol. The van der Waals surface area contributed by atoms with Crippen molar-refractivity contribution in [2.75, 3.05) is 13.2 Å². The molecule has 8 nitrogen and oxygen atoms in total. The van der Waals surface area contributed by atoms with E-state index in [9.17, 15) is 4.79 Å². The standard InChI is InChI=1S/C25H28N6O2/c1-18-9-10-23-20(12-18)13-21(25(32)26-23)15-30(16-22-8-5-11-33-22)17-24-27-28-29-31(24)14-19-6-3-2-4-7-19/h2-4,6-7,9-10,12-13,22H,5,8,11,14-17H2,1H3,(H,26,32). The van der Waals surface area contributed by atoms with Crippen LogP contribution < -0.4 is 5.56 Å². The number of aryl methyl sites for hydroxylation is 1. The Morgan fingerprint density at radius 2 is 2.03 bits per heavy atom. The molecule has 5 rings (SSSR count). The molecule has 1 N–H and O–H groups in total. The van der Waals surface area contributed by atoms with Gasteiger partial charge in [-0.3, -0.25) is 9.69 Å². The number of rotatable bonds is 8. The Morgan fingerprint density at radius 1 is 1.15 bits per heavy atom. The maximum Gasteiger partial charge on any atom is 0.252 e. The summed E-state index contributed by atoms with van der Waals surface area (Å²) in [5.74, 6) is 0.768. The first-order valence-electron chi connectivity index (χ1n) is 11.4. The second kappa shape index (κ2) is 9.64. The summed E-state index contributed by atoms with van der Waals surface area (Å²) in [5.41, 5.74) is 3.82. The number of nitrogens with one attached hydrogen (secondary N) is 1. The maximum atomic E-state index is 12.8. The molecule has 1 aliphatic rings. The summed E-state index contributed by atoms with van der Waals surface area (Å²) in [5, 5.41) is 13.4. The Balaban J connectivity index is 1.40. The molecule has 170 valence electrons. The summed E-state index contributed by atoms with van der Waals surface area (Å²) in [6, 6.07) is 18.2. The van der Waals surface area contributed by atoms with Crippen molar-refractivity contribution in [3.63, 3.8) is 0 Å². The second-order valence-corrected chi connectivity index (χ2v) is 8.76. The van der Waals surface area contributed by atoms with E-state index < -0.39 is 0 Å². The average Bonchev–Trinajstić information content (AvgIpc) is 3.48. The second-order valence-electron chi connectivity index (χ2n) is 8.76. The zero-order valence-corrected chi connectivity index (χ0v) is 18.8. The molecule has 0 radical (unpaired) electrons. The van der Waals surface area contributed by atoms with Gasteiger partial charge in [-0.05, 0) is 59.3 Å². The van der Waals surface area contributed by atoms with E-state index in [4.69, 9.17) is 4.74 Å². The molecule has 1 atom stereocenters. The number of hydrogen-bond donors (Lipinski definition) is 1. The van der Waals surface area contributed by atoms with E-state index in [0.29, 0.717) is 19.6 Å². The van der Waals surface area contributed by atoms with Crippen LogP contribution in [-0.4, -0.2) is 49.3 Å². The fraction of sp³-hybridized carbons (Fsp3) is 0.360. The number of fused-ring (bicyclic) bond motifs is 1. The molecule has 0 amide bonds. The van der Waals surface area contributed by atoms with E-state index >= 15 is 0 Å². The van der Waals surface area contributed by atoms with Crippen LogP contribution in [0.15, 0.2) is 59.4 Å². The highest BCUT2D eigenvalue weighted by Gasteiger charge is 2.22. The number of ether oxygens (including phenoxy) is 1. The van der Waals surface area contributed by atoms with Crippen LogP contribution in [0.2, 0.25) is 0 Å². The molecule has 8 heteroatoms. The van der Waals surface area contributed by atoms with Crippen molar-refractivity contribution in [3.8, 4) is 0 Å². The Labute approximate surface area is 192 Å². The summed E-state index contributed by atoms with van der Waals surface area (Å²) in [6.45, 7) is 5.21. The largest absolute Gasteiger partial charge is 0.377 e. The highest BCUT2D eigenvalue weighted by atomic mass is 16.5. The molecule has 1 fully saturated rings. The van der Waals surface area contributed by atoms with Crippen molar-refractivity contribution in [3.05, 3.63) is 87.5 Å². The molecule has 1 saturated heterocycles. The number of H-pyrrole nitrogens is 1. The van der Waals surface area contributed by atoms with Crippen molar-refractivity contribution < 1.29 is 4.74 Å². The lowest BCUT2D eigenvalue weighted by Crippen LogP contribution is -2.34. The smallest absolute Gasteiger partial charge is 0.252 e. The highest BCUT2D eigenvalue weighted by molar-refractivity contribution is 5.79. The van der Waals surface area contributed by atoms with E-state index in [1.165, 1.54) is 0 Å². The lowest BCUT2D eigenvalue weighted by atomic mass is 10.1. The molecule has 0 saturated carbocycles. The first kappa shape index (κ1) is 21.5. The molecule has 3 heterocycles. The summed E-state index contributed by atoms with van der Waals surface area (Å²) in [6.07, 6.45) is 2.25. The molecule has 1 aliphatic heterocycles. The van der Waals surface area contributed by atoms with Gasteiger partial charge in [0.05, 0.1) is 19.2 Å². The molecule has 0 bridgehead atoms. The van der Waals surface area contributed by atoms with Crippen molar-refractivity contribution >= 4 is 10.9 Å². The van der Waals surface area contributed by atoms with Crippen molar-refractivity contribution in [1.82, 2.24) is 30.1 Å². The Kier molecular flexibility index (Phi) is 6.28. The summed E-state index contributed by atoms with van der Waals surface area (Å²) in [4.78, 5) is 18.1. The minimum Gasteiger partial charge on any atom is -0.377 e. The maximum absolute atomic E-state index is 12.8. The number of benzene rings is 2. The predicted molar refractivity (Wildman–Crippen MR) is 126 cm³/mol. The van der Waals surface area contributed by atoms with Gasteiger partial charge in [-0.2, -0.15) is 0 Å². The minimum atomic E-state index is -0.0624. The minimum absolute atomic E-state index is 0.0624. The van der Waals surface area contributed by atoms with Gasteiger partial charge >= 0.3 is 0 Å². The number of aromatic nitrogens is 5. The molecule has 4 aromatic rings. The summed E-state index contributed by atoms with van der Waals surface area (Å²) < 4.78 is 7.72. The third-order valence-electron chi connectivity index (χ3n) is 6.10. The monoisotopic (exact) mass is 444 g/mol. The third kappa shape index (κ3) is 5.18. The fourth-order valence-corrected chi connectivity index (χ4v) is 4.41. The topological polar surface area (TPSA) is 88.9 Å². The zero-order valence-electron chi connectivity index (χ0n) is 18.8. The van der Waals surface area contributed by atoms with Crippen molar-refractivity contribution in [2.45, 2.75) is 45.5 Å². The summed E-state index contributed by atoms with van der Waals surface area (Å²) >= 11 is 0. The van der Waals surface area contributed by atoms with E-state index in [1.807, 2.05) is 41.1 Å². The van der Waals surface area contributed by atoms with Gasteiger partial charge in [-0.25, -0.2) is 4.68 Å². The first-order chi connectivity index (χ1) is 16.1. The van der Waals surface area contributed by atoms with Crippen molar-refractivity contribution in [1.29, 1.82) is 0 Å². The van der Waals surface area contributed by atoms with Gasteiger partial charge in [-0.1, -0.05) is 42.0 Å². The third-order valence-corrected chi connectivity index (χ3v) is 6.10. The number of pyridine rings is 1. The van der Waals surface area contributed by atoms with E-state index in [1.54, 1.807) is 0 Å². The van der Waals surface area contributed by atoms with Crippen LogP contribution in [0.3, 0.4) is 0 Å².